The summed E-state index contributed by atoms with van der Waals surface area (Å²) in [7, 11) is 1.75. The number of rotatable bonds is 20. The van der Waals surface area contributed by atoms with Crippen molar-refractivity contribution in [3.05, 3.63) is 47.6 Å². The molecule has 0 aromatic heterocycles. The maximum atomic E-state index is 12.8. The van der Waals surface area contributed by atoms with Crippen molar-refractivity contribution in [1.29, 1.82) is 0 Å². The van der Waals surface area contributed by atoms with Crippen molar-refractivity contribution in [1.82, 2.24) is 0 Å². The number of carbonyl (C=O) groups excluding carboxylic acids is 3. The molecule has 0 aliphatic heterocycles. The standard InChI is InChI=1S/C35H56O6/c1-8-25(2)13-10-9-11-14-26(3)19-28(5)34(39)23-33(38)27(4)17-18-31(37)22-35(41-24-36)29(6)20-30-15-12-16-32(21-30)40-7/h9-11,13-14,17,24,26,28-30,32-33,35,38H,8,12,15-16,18-23H2,1-7H3/b10-9+,14-11+,25-13+,27-17+/t26-,28-,29-,30+,32+,33+,35+/m1/s1. The second-order valence-electron chi connectivity index (χ2n) is 12.2. The lowest BCUT2D eigenvalue weighted by Gasteiger charge is -2.31. The number of aliphatic hydroxyl groups is 1. The predicted octanol–water partition coefficient (Wildman–Crippen LogP) is 7.51. The van der Waals surface area contributed by atoms with Crippen molar-refractivity contribution in [2.24, 2.45) is 23.7 Å². The lowest BCUT2D eigenvalue weighted by atomic mass is 9.80. The van der Waals surface area contributed by atoms with E-state index in [-0.39, 0.29) is 54.7 Å². The van der Waals surface area contributed by atoms with E-state index in [4.69, 9.17) is 9.47 Å². The number of Topliss-reactive ketones (excluding diaryl/α,β-unsaturated/α-hetero) is 2. The molecule has 232 valence electrons. The fourth-order valence-electron chi connectivity index (χ4n) is 5.50. The van der Waals surface area contributed by atoms with Gasteiger partial charge in [-0.15, -0.1) is 0 Å². The smallest absolute Gasteiger partial charge is 0.293 e. The third kappa shape index (κ3) is 15.5. The fourth-order valence-corrected chi connectivity index (χ4v) is 5.50. The summed E-state index contributed by atoms with van der Waals surface area (Å²) in [5.41, 5.74) is 1.94. The second-order valence-corrected chi connectivity index (χ2v) is 12.2. The van der Waals surface area contributed by atoms with Gasteiger partial charge in [0.05, 0.1) is 12.2 Å². The van der Waals surface area contributed by atoms with Crippen LogP contribution < -0.4 is 0 Å². The Bertz CT molecular complexity index is 914. The Morgan fingerprint density at radius 2 is 1.78 bits per heavy atom. The molecule has 1 saturated carbocycles. The van der Waals surface area contributed by atoms with E-state index in [1.165, 1.54) is 5.57 Å². The Morgan fingerprint density at radius 3 is 2.44 bits per heavy atom. The lowest BCUT2D eigenvalue weighted by Crippen LogP contribution is -2.29. The number of hydrogen-bond donors (Lipinski definition) is 1. The van der Waals surface area contributed by atoms with Crippen molar-refractivity contribution >= 4 is 18.0 Å². The summed E-state index contributed by atoms with van der Waals surface area (Å²) < 4.78 is 10.9. The van der Waals surface area contributed by atoms with Gasteiger partial charge in [0.1, 0.15) is 17.7 Å². The first-order valence-corrected chi connectivity index (χ1v) is 15.5. The van der Waals surface area contributed by atoms with Crippen molar-refractivity contribution in [3.63, 3.8) is 0 Å². The Hall–Kier alpha value is -2.31. The summed E-state index contributed by atoms with van der Waals surface area (Å²) >= 11 is 0. The molecule has 0 unspecified atom stereocenters. The van der Waals surface area contributed by atoms with Gasteiger partial charge in [-0.2, -0.15) is 0 Å². The summed E-state index contributed by atoms with van der Waals surface area (Å²) in [4.78, 5) is 36.7. The molecular formula is C35H56O6. The molecule has 1 aliphatic rings. The molecule has 0 aromatic rings. The topological polar surface area (TPSA) is 89.9 Å². The highest BCUT2D eigenvalue weighted by molar-refractivity contribution is 5.82. The van der Waals surface area contributed by atoms with Gasteiger partial charge >= 0.3 is 0 Å². The zero-order valence-corrected chi connectivity index (χ0v) is 26.6. The number of aliphatic hydroxyl groups excluding tert-OH is 1. The summed E-state index contributed by atoms with van der Waals surface area (Å²) in [6.45, 7) is 12.4. The van der Waals surface area contributed by atoms with E-state index in [0.29, 0.717) is 24.4 Å². The van der Waals surface area contributed by atoms with Crippen LogP contribution in [0.25, 0.3) is 0 Å². The molecule has 0 radical (unpaired) electrons. The van der Waals surface area contributed by atoms with Crippen LogP contribution in [0.4, 0.5) is 0 Å². The molecule has 1 fully saturated rings. The predicted molar refractivity (Wildman–Crippen MR) is 166 cm³/mol. The molecule has 0 bridgehead atoms. The number of carbonyl (C=O) groups is 3. The molecule has 0 aromatic carbocycles. The van der Waals surface area contributed by atoms with Crippen LogP contribution in [-0.4, -0.2) is 48.6 Å². The minimum atomic E-state index is -0.916. The van der Waals surface area contributed by atoms with E-state index in [0.717, 1.165) is 38.5 Å². The van der Waals surface area contributed by atoms with Gasteiger partial charge < -0.3 is 14.6 Å². The van der Waals surface area contributed by atoms with Crippen LogP contribution in [0.5, 0.6) is 0 Å². The first-order valence-electron chi connectivity index (χ1n) is 15.5. The largest absolute Gasteiger partial charge is 0.464 e. The molecule has 0 heterocycles. The molecular weight excluding hydrogens is 516 g/mol. The van der Waals surface area contributed by atoms with Gasteiger partial charge in [-0.05, 0) is 69.3 Å². The second kappa shape index (κ2) is 20.5. The SMILES string of the molecule is CC/C(C)=C/C=C/C=C/[C@@H](C)C[C@@H](C)C(=O)C[C@H](O)/C(C)=C/CC(=O)C[C@H](OC=O)[C@H](C)C[C@@H]1CCC[C@H](OC)C1. The summed E-state index contributed by atoms with van der Waals surface area (Å²) in [5.74, 6) is 0.599. The summed E-state index contributed by atoms with van der Waals surface area (Å²) in [6.07, 6.45) is 18.1. The molecule has 0 saturated heterocycles. The van der Waals surface area contributed by atoms with E-state index in [1.54, 1.807) is 20.1 Å². The number of ether oxygens (including phenoxy) is 2. The third-order valence-electron chi connectivity index (χ3n) is 8.51. The van der Waals surface area contributed by atoms with Crippen LogP contribution in [-0.2, 0) is 23.9 Å². The van der Waals surface area contributed by atoms with Crippen LogP contribution in [0.1, 0.15) is 106 Å². The number of methoxy groups -OCH3 is 1. The molecule has 1 rings (SSSR count). The summed E-state index contributed by atoms with van der Waals surface area (Å²) in [6, 6.07) is 0. The molecule has 1 N–H and O–H groups in total. The molecule has 1 aliphatic carbocycles. The number of hydrogen-bond acceptors (Lipinski definition) is 6. The average molecular weight is 573 g/mol. The van der Waals surface area contributed by atoms with Crippen molar-refractivity contribution in [2.45, 2.75) is 124 Å². The maximum Gasteiger partial charge on any atom is 0.293 e. The van der Waals surface area contributed by atoms with E-state index < -0.39 is 12.2 Å². The highest BCUT2D eigenvalue weighted by Gasteiger charge is 2.28. The Balaban J connectivity index is 2.54. The Morgan fingerprint density at radius 1 is 1.05 bits per heavy atom. The van der Waals surface area contributed by atoms with E-state index in [2.05, 4.69) is 32.9 Å². The van der Waals surface area contributed by atoms with Crippen molar-refractivity contribution in [2.75, 3.05) is 7.11 Å². The zero-order valence-electron chi connectivity index (χ0n) is 26.6. The van der Waals surface area contributed by atoms with E-state index in [9.17, 15) is 19.5 Å². The van der Waals surface area contributed by atoms with Gasteiger partial charge in [-0.3, -0.25) is 14.4 Å². The summed E-state index contributed by atoms with van der Waals surface area (Å²) in [5, 5.41) is 10.6. The van der Waals surface area contributed by atoms with Crippen LogP contribution in [0.3, 0.4) is 0 Å². The zero-order chi connectivity index (χ0) is 30.8. The average Bonchev–Trinajstić information content (AvgIpc) is 2.95. The van der Waals surface area contributed by atoms with Crippen molar-refractivity contribution < 1.29 is 29.0 Å². The lowest BCUT2D eigenvalue weighted by molar-refractivity contribution is -0.139. The highest BCUT2D eigenvalue weighted by atomic mass is 16.5. The first-order chi connectivity index (χ1) is 19.5. The molecule has 6 nitrogen and oxygen atoms in total. The van der Waals surface area contributed by atoms with Gasteiger partial charge in [0.2, 0.25) is 0 Å². The molecule has 0 amide bonds. The van der Waals surface area contributed by atoms with Crippen molar-refractivity contribution in [3.8, 4) is 0 Å². The number of allylic oxidation sites excluding steroid dienone is 7. The molecule has 7 atom stereocenters. The highest BCUT2D eigenvalue weighted by Crippen LogP contribution is 2.32. The van der Waals surface area contributed by atoms with Gasteiger partial charge in [-0.1, -0.05) is 82.6 Å². The monoisotopic (exact) mass is 572 g/mol. The molecule has 0 spiro atoms. The van der Waals surface area contributed by atoms with Crippen LogP contribution in [0.2, 0.25) is 0 Å². The minimum Gasteiger partial charge on any atom is -0.464 e. The quantitative estimate of drug-likeness (QED) is 0.0923. The van der Waals surface area contributed by atoms with E-state index in [1.807, 2.05) is 32.1 Å². The fraction of sp³-hybridized carbons (Fsp3) is 0.686. The normalized spacial score (nSPS) is 22.3. The molecule has 6 heteroatoms. The molecule has 41 heavy (non-hydrogen) atoms. The van der Waals surface area contributed by atoms with Crippen LogP contribution in [0, 0.1) is 23.7 Å². The van der Waals surface area contributed by atoms with Gasteiger partial charge in [-0.25, -0.2) is 0 Å². The van der Waals surface area contributed by atoms with E-state index >= 15 is 0 Å². The van der Waals surface area contributed by atoms with Gasteiger partial charge in [0.25, 0.3) is 6.47 Å². The number of ketones is 2. The Kier molecular flexibility index (Phi) is 18.4. The Labute approximate surface area is 249 Å². The first kappa shape index (κ1) is 36.7. The minimum absolute atomic E-state index is 0.0144. The van der Waals surface area contributed by atoms with Crippen LogP contribution in [0.15, 0.2) is 47.6 Å². The van der Waals surface area contributed by atoms with Crippen LogP contribution >= 0.6 is 0 Å². The van der Waals surface area contributed by atoms with Gasteiger partial charge in [0.15, 0.2) is 0 Å². The third-order valence-corrected chi connectivity index (χ3v) is 8.51. The van der Waals surface area contributed by atoms with Gasteiger partial charge in [0, 0.05) is 32.3 Å². The maximum absolute atomic E-state index is 12.8.